The Morgan fingerprint density at radius 3 is 2.40 bits per heavy atom. The number of aliphatic hydroxyl groups is 1. The zero-order chi connectivity index (χ0) is 11.6. The summed E-state index contributed by atoms with van der Waals surface area (Å²) in [7, 11) is 0. The summed E-state index contributed by atoms with van der Waals surface area (Å²) in [5.74, 6) is 0.346. The molecule has 0 bridgehead atoms. The number of hydrogen-bond donors (Lipinski definition) is 1. The Labute approximate surface area is 95.6 Å². The standard InChI is InChI=1S/C12H17ClO2/c1-12(2,3)10-4-8(6-14)11(13)9(5-10)7-15/h6-7,10,14H,4-5H2,1-3H3/b8-6+/t10-/m0/s1. The molecule has 0 spiro atoms. The maximum atomic E-state index is 10.9. The number of aliphatic hydroxyl groups excluding tert-OH is 1. The van der Waals surface area contributed by atoms with E-state index in [0.717, 1.165) is 19.0 Å². The van der Waals surface area contributed by atoms with Gasteiger partial charge in [0.05, 0.1) is 11.3 Å². The Balaban J connectivity index is 3.05. The second-order valence-corrected chi connectivity index (χ2v) is 5.46. The van der Waals surface area contributed by atoms with E-state index in [9.17, 15) is 4.79 Å². The van der Waals surface area contributed by atoms with E-state index in [0.29, 0.717) is 28.5 Å². The lowest BCUT2D eigenvalue weighted by Crippen LogP contribution is -2.25. The third-order valence-corrected chi connectivity index (χ3v) is 3.50. The molecule has 84 valence electrons. The van der Waals surface area contributed by atoms with Crippen LogP contribution in [-0.4, -0.2) is 11.4 Å². The molecule has 0 aliphatic heterocycles. The van der Waals surface area contributed by atoms with Crippen LogP contribution in [0.15, 0.2) is 22.4 Å². The van der Waals surface area contributed by atoms with E-state index >= 15 is 0 Å². The molecule has 0 fully saturated rings. The van der Waals surface area contributed by atoms with Gasteiger partial charge in [0, 0.05) is 11.1 Å². The van der Waals surface area contributed by atoms with Gasteiger partial charge in [0.15, 0.2) is 0 Å². The molecule has 1 N–H and O–H groups in total. The topological polar surface area (TPSA) is 37.3 Å². The smallest absolute Gasteiger partial charge is 0.147 e. The zero-order valence-electron chi connectivity index (χ0n) is 9.38. The molecule has 0 unspecified atom stereocenters. The van der Waals surface area contributed by atoms with Crippen molar-refractivity contribution < 1.29 is 9.90 Å². The highest BCUT2D eigenvalue weighted by Crippen LogP contribution is 2.43. The molecular weight excluding hydrogens is 212 g/mol. The van der Waals surface area contributed by atoms with Crippen LogP contribution in [0.5, 0.6) is 0 Å². The lowest BCUT2D eigenvalue weighted by molar-refractivity contribution is -0.105. The van der Waals surface area contributed by atoms with E-state index in [4.69, 9.17) is 16.7 Å². The largest absolute Gasteiger partial charge is 0.515 e. The molecule has 1 aliphatic carbocycles. The molecule has 0 aromatic rings. The van der Waals surface area contributed by atoms with Gasteiger partial charge in [-0.2, -0.15) is 0 Å². The SMILES string of the molecule is CC(C)(C)[C@@H]1CC(C=O)=C(Cl)/C(=C/O)C1. The molecule has 0 aromatic carbocycles. The minimum Gasteiger partial charge on any atom is -0.515 e. The monoisotopic (exact) mass is 228 g/mol. The van der Waals surface area contributed by atoms with Crippen LogP contribution in [0.2, 0.25) is 0 Å². The van der Waals surface area contributed by atoms with Crippen molar-refractivity contribution >= 4 is 17.9 Å². The predicted octanol–water partition coefficient (Wildman–Crippen LogP) is 3.58. The van der Waals surface area contributed by atoms with Gasteiger partial charge in [-0.1, -0.05) is 32.4 Å². The maximum Gasteiger partial charge on any atom is 0.147 e. The first kappa shape index (κ1) is 12.3. The number of hydrogen-bond acceptors (Lipinski definition) is 2. The highest BCUT2D eigenvalue weighted by Gasteiger charge is 2.31. The molecule has 0 amide bonds. The van der Waals surface area contributed by atoms with Gasteiger partial charge in [0.25, 0.3) is 0 Å². The zero-order valence-corrected chi connectivity index (χ0v) is 10.1. The van der Waals surface area contributed by atoms with Gasteiger partial charge in [-0.3, -0.25) is 4.79 Å². The molecule has 2 nitrogen and oxygen atoms in total. The van der Waals surface area contributed by atoms with Crippen LogP contribution in [0.1, 0.15) is 33.6 Å². The molecule has 3 heteroatoms. The molecule has 1 atom stereocenters. The van der Waals surface area contributed by atoms with Gasteiger partial charge in [0.2, 0.25) is 0 Å². The highest BCUT2D eigenvalue weighted by atomic mass is 35.5. The van der Waals surface area contributed by atoms with Crippen molar-refractivity contribution in [1.82, 2.24) is 0 Å². The Kier molecular flexibility index (Phi) is 3.61. The third kappa shape index (κ3) is 2.63. The summed E-state index contributed by atoms with van der Waals surface area (Å²) in [6, 6.07) is 0. The molecular formula is C12H17ClO2. The number of aldehydes is 1. The number of carbonyl (C=O) groups is 1. The maximum absolute atomic E-state index is 10.9. The van der Waals surface area contributed by atoms with E-state index in [1.165, 1.54) is 0 Å². The molecule has 0 saturated heterocycles. The molecule has 0 radical (unpaired) electrons. The third-order valence-electron chi connectivity index (χ3n) is 3.02. The van der Waals surface area contributed by atoms with E-state index < -0.39 is 0 Å². The van der Waals surface area contributed by atoms with Gasteiger partial charge >= 0.3 is 0 Å². The lowest BCUT2D eigenvalue weighted by Gasteiger charge is -2.34. The minimum atomic E-state index is 0.111. The van der Waals surface area contributed by atoms with Gasteiger partial charge in [0.1, 0.15) is 6.29 Å². The minimum absolute atomic E-state index is 0.111. The first-order valence-corrected chi connectivity index (χ1v) is 5.45. The van der Waals surface area contributed by atoms with Crippen LogP contribution in [0.3, 0.4) is 0 Å². The van der Waals surface area contributed by atoms with Crippen LogP contribution >= 0.6 is 11.6 Å². The van der Waals surface area contributed by atoms with Gasteiger partial charge in [-0.05, 0) is 24.2 Å². The number of allylic oxidation sites excluding steroid dienone is 3. The molecule has 0 aromatic heterocycles. The fourth-order valence-corrected chi connectivity index (χ4v) is 2.06. The van der Waals surface area contributed by atoms with Gasteiger partial charge in [-0.15, -0.1) is 0 Å². The summed E-state index contributed by atoms with van der Waals surface area (Å²) in [5, 5.41) is 9.49. The van der Waals surface area contributed by atoms with E-state index in [1.807, 2.05) is 0 Å². The molecule has 1 rings (SSSR count). The predicted molar refractivity (Wildman–Crippen MR) is 61.8 cm³/mol. The number of halogens is 1. The second-order valence-electron chi connectivity index (χ2n) is 5.08. The van der Waals surface area contributed by atoms with Crippen LogP contribution in [0, 0.1) is 11.3 Å². The second kappa shape index (κ2) is 4.40. The van der Waals surface area contributed by atoms with Crippen molar-refractivity contribution in [2.45, 2.75) is 33.6 Å². The lowest BCUT2D eigenvalue weighted by atomic mass is 9.71. The highest BCUT2D eigenvalue weighted by molar-refractivity contribution is 6.33. The van der Waals surface area contributed by atoms with Crippen molar-refractivity contribution in [2.75, 3.05) is 0 Å². The van der Waals surface area contributed by atoms with E-state index in [-0.39, 0.29) is 5.41 Å². The van der Waals surface area contributed by atoms with Crippen molar-refractivity contribution in [2.24, 2.45) is 11.3 Å². The Morgan fingerprint density at radius 1 is 1.40 bits per heavy atom. The molecule has 0 heterocycles. The quantitative estimate of drug-likeness (QED) is 0.550. The fourth-order valence-electron chi connectivity index (χ4n) is 1.81. The Hall–Kier alpha value is -0.760. The molecule has 1 aliphatic rings. The van der Waals surface area contributed by atoms with Gasteiger partial charge < -0.3 is 5.11 Å². The summed E-state index contributed by atoms with van der Waals surface area (Å²) >= 11 is 5.98. The average molecular weight is 229 g/mol. The summed E-state index contributed by atoms with van der Waals surface area (Å²) in [6.45, 7) is 6.40. The average Bonchev–Trinajstić information content (AvgIpc) is 2.16. The van der Waals surface area contributed by atoms with Crippen LogP contribution < -0.4 is 0 Å². The van der Waals surface area contributed by atoms with Crippen LogP contribution in [0.25, 0.3) is 0 Å². The Morgan fingerprint density at radius 2 is 2.00 bits per heavy atom. The summed E-state index contributed by atoms with van der Waals surface area (Å²) in [4.78, 5) is 10.9. The molecule has 0 saturated carbocycles. The van der Waals surface area contributed by atoms with Crippen molar-refractivity contribution in [3.8, 4) is 0 Å². The van der Waals surface area contributed by atoms with Gasteiger partial charge in [-0.25, -0.2) is 0 Å². The number of carbonyl (C=O) groups excluding carboxylic acids is 1. The summed E-state index contributed by atoms with van der Waals surface area (Å²) < 4.78 is 0. The summed E-state index contributed by atoms with van der Waals surface area (Å²) in [5.41, 5.74) is 1.38. The van der Waals surface area contributed by atoms with Crippen molar-refractivity contribution in [3.63, 3.8) is 0 Å². The molecule has 15 heavy (non-hydrogen) atoms. The van der Waals surface area contributed by atoms with Crippen LogP contribution in [-0.2, 0) is 4.79 Å². The van der Waals surface area contributed by atoms with E-state index in [2.05, 4.69) is 20.8 Å². The Bertz CT molecular complexity index is 321. The van der Waals surface area contributed by atoms with Crippen molar-refractivity contribution in [3.05, 3.63) is 22.4 Å². The number of rotatable bonds is 1. The first-order chi connectivity index (χ1) is 6.90. The van der Waals surface area contributed by atoms with Crippen LogP contribution in [0.4, 0.5) is 0 Å². The van der Waals surface area contributed by atoms with Crippen molar-refractivity contribution in [1.29, 1.82) is 0 Å². The fraction of sp³-hybridized carbons (Fsp3) is 0.583. The summed E-state index contributed by atoms with van der Waals surface area (Å²) in [6.07, 6.45) is 3.24. The van der Waals surface area contributed by atoms with E-state index in [1.54, 1.807) is 0 Å². The normalized spacial score (nSPS) is 25.9. The first-order valence-electron chi connectivity index (χ1n) is 5.07.